The molecule has 0 radical (unpaired) electrons. The maximum atomic E-state index is 13.8. The van der Waals surface area contributed by atoms with Crippen molar-refractivity contribution in [1.82, 2.24) is 14.7 Å². The molecule has 0 aliphatic carbocycles. The summed E-state index contributed by atoms with van der Waals surface area (Å²) in [6, 6.07) is 26.4. The van der Waals surface area contributed by atoms with Gasteiger partial charge >= 0.3 is 0 Å². The maximum absolute atomic E-state index is 13.8. The lowest BCUT2D eigenvalue weighted by Gasteiger charge is -2.47. The number of carbonyl (C=O) groups is 1. The van der Waals surface area contributed by atoms with E-state index in [1.165, 1.54) is 17.2 Å². The van der Waals surface area contributed by atoms with E-state index in [1.54, 1.807) is 12.1 Å². The van der Waals surface area contributed by atoms with E-state index in [9.17, 15) is 9.18 Å². The summed E-state index contributed by atoms with van der Waals surface area (Å²) < 4.78 is 13.8. The van der Waals surface area contributed by atoms with Gasteiger partial charge in [-0.1, -0.05) is 54.6 Å². The third-order valence-electron chi connectivity index (χ3n) is 7.41. The van der Waals surface area contributed by atoms with Crippen molar-refractivity contribution in [3.8, 4) is 0 Å². The van der Waals surface area contributed by atoms with E-state index in [2.05, 4.69) is 66.1 Å². The molecule has 4 rings (SSSR count). The molecule has 0 aromatic heterocycles. The molecule has 1 saturated heterocycles. The summed E-state index contributed by atoms with van der Waals surface area (Å²) in [4.78, 5) is 19.7. The van der Waals surface area contributed by atoms with Gasteiger partial charge in [0.05, 0.1) is 6.04 Å². The van der Waals surface area contributed by atoms with E-state index >= 15 is 0 Å². The Labute approximate surface area is 215 Å². The Kier molecular flexibility index (Phi) is 8.55. The molecule has 1 aliphatic heterocycles. The average molecular weight is 488 g/mol. The zero-order chi connectivity index (χ0) is 25.7. The standard InChI is InChI=1S/C31H38FN3O/c1-5-33(6-2)31(36)28-17-15-27(16-18-28)30(26-12-8-7-9-13-26)35-21-23(3)34(20-24(35)4)22-25-11-10-14-29(32)19-25/h7-19,23-24,30H,5-6,20-22H2,1-4H3/t23-,24+,30-/m1/s1. The number of halogens is 1. The molecule has 0 unspecified atom stereocenters. The highest BCUT2D eigenvalue weighted by Gasteiger charge is 2.34. The van der Waals surface area contributed by atoms with Crippen LogP contribution in [0.1, 0.15) is 60.8 Å². The van der Waals surface area contributed by atoms with Crippen LogP contribution in [0.4, 0.5) is 4.39 Å². The summed E-state index contributed by atoms with van der Waals surface area (Å²) in [6.45, 7) is 12.5. The van der Waals surface area contributed by atoms with Gasteiger partial charge < -0.3 is 4.90 Å². The quantitative estimate of drug-likeness (QED) is 0.390. The first-order chi connectivity index (χ1) is 17.4. The fraction of sp³-hybridized carbons (Fsp3) is 0.387. The van der Waals surface area contributed by atoms with Crippen LogP contribution in [-0.4, -0.2) is 58.9 Å². The summed E-state index contributed by atoms with van der Waals surface area (Å²) in [5.74, 6) is -0.102. The molecule has 0 saturated carbocycles. The predicted octanol–water partition coefficient (Wildman–Crippen LogP) is 5.99. The van der Waals surface area contributed by atoms with E-state index < -0.39 is 0 Å². The predicted molar refractivity (Wildman–Crippen MR) is 144 cm³/mol. The molecule has 0 spiro atoms. The van der Waals surface area contributed by atoms with Crippen LogP contribution in [0, 0.1) is 5.82 Å². The Bertz CT molecular complexity index is 1130. The summed E-state index contributed by atoms with van der Waals surface area (Å²) in [5, 5.41) is 0. The molecule has 3 aromatic carbocycles. The zero-order valence-corrected chi connectivity index (χ0v) is 21.9. The van der Waals surface area contributed by atoms with Crippen molar-refractivity contribution in [2.75, 3.05) is 26.2 Å². The second-order valence-electron chi connectivity index (χ2n) is 9.87. The highest BCUT2D eigenvalue weighted by atomic mass is 19.1. The summed E-state index contributed by atoms with van der Waals surface area (Å²) in [7, 11) is 0. The molecule has 1 amide bonds. The minimum Gasteiger partial charge on any atom is -0.339 e. The highest BCUT2D eigenvalue weighted by molar-refractivity contribution is 5.94. The number of nitrogens with zero attached hydrogens (tertiary/aromatic N) is 3. The average Bonchev–Trinajstić information content (AvgIpc) is 2.89. The lowest BCUT2D eigenvalue weighted by Crippen LogP contribution is -2.56. The lowest BCUT2D eigenvalue weighted by atomic mass is 9.92. The molecule has 1 aliphatic rings. The van der Waals surface area contributed by atoms with Crippen molar-refractivity contribution in [1.29, 1.82) is 0 Å². The SMILES string of the molecule is CCN(CC)C(=O)c1ccc([C@@H](c2ccccc2)N2C[C@@H](C)N(Cc3cccc(F)c3)C[C@@H]2C)cc1. The zero-order valence-electron chi connectivity index (χ0n) is 21.9. The maximum Gasteiger partial charge on any atom is 0.253 e. The number of amides is 1. The molecule has 3 aromatic rings. The second kappa shape index (κ2) is 11.8. The van der Waals surface area contributed by atoms with Gasteiger partial charge in [0.25, 0.3) is 5.91 Å². The Morgan fingerprint density at radius 1 is 0.889 bits per heavy atom. The van der Waals surface area contributed by atoms with Crippen molar-refractivity contribution < 1.29 is 9.18 Å². The van der Waals surface area contributed by atoms with Gasteiger partial charge in [0.2, 0.25) is 0 Å². The van der Waals surface area contributed by atoms with Gasteiger partial charge in [-0.3, -0.25) is 14.6 Å². The molecule has 4 nitrogen and oxygen atoms in total. The largest absolute Gasteiger partial charge is 0.339 e. The van der Waals surface area contributed by atoms with Crippen LogP contribution in [-0.2, 0) is 6.54 Å². The third kappa shape index (κ3) is 5.85. The van der Waals surface area contributed by atoms with E-state index in [1.807, 2.05) is 36.9 Å². The minimum atomic E-state index is -0.182. The molecule has 190 valence electrons. The molecule has 36 heavy (non-hydrogen) atoms. The molecule has 1 heterocycles. The molecule has 1 fully saturated rings. The van der Waals surface area contributed by atoms with Crippen LogP contribution in [0.2, 0.25) is 0 Å². The molecular weight excluding hydrogens is 449 g/mol. The van der Waals surface area contributed by atoms with Crippen molar-refractivity contribution >= 4 is 5.91 Å². The monoisotopic (exact) mass is 487 g/mol. The van der Waals surface area contributed by atoms with Crippen LogP contribution >= 0.6 is 0 Å². The summed E-state index contributed by atoms with van der Waals surface area (Å²) >= 11 is 0. The molecule has 0 bridgehead atoms. The number of benzene rings is 3. The van der Waals surface area contributed by atoms with Crippen molar-refractivity contribution in [3.63, 3.8) is 0 Å². The summed E-state index contributed by atoms with van der Waals surface area (Å²) in [6.07, 6.45) is 0. The molecular formula is C31H38FN3O. The van der Waals surface area contributed by atoms with E-state index in [0.29, 0.717) is 25.2 Å². The molecule has 3 atom stereocenters. The van der Waals surface area contributed by atoms with Crippen LogP contribution in [0.5, 0.6) is 0 Å². The van der Waals surface area contributed by atoms with Gasteiger partial charge in [-0.25, -0.2) is 4.39 Å². The van der Waals surface area contributed by atoms with E-state index in [-0.39, 0.29) is 17.8 Å². The van der Waals surface area contributed by atoms with Crippen LogP contribution in [0.3, 0.4) is 0 Å². The second-order valence-corrected chi connectivity index (χ2v) is 9.87. The Balaban J connectivity index is 1.58. The lowest BCUT2D eigenvalue weighted by molar-refractivity contribution is 0.0195. The third-order valence-corrected chi connectivity index (χ3v) is 7.41. The molecule has 5 heteroatoms. The van der Waals surface area contributed by atoms with Crippen molar-refractivity contribution in [2.24, 2.45) is 0 Å². The van der Waals surface area contributed by atoms with E-state index in [4.69, 9.17) is 0 Å². The summed E-state index contributed by atoms with van der Waals surface area (Å²) in [5.41, 5.74) is 4.18. The minimum absolute atomic E-state index is 0.0794. The smallest absolute Gasteiger partial charge is 0.253 e. The van der Waals surface area contributed by atoms with Crippen LogP contribution in [0.25, 0.3) is 0 Å². The number of piperazine rings is 1. The van der Waals surface area contributed by atoms with Gasteiger partial charge in [-0.2, -0.15) is 0 Å². The van der Waals surface area contributed by atoms with Crippen molar-refractivity contribution in [2.45, 2.75) is 52.4 Å². The van der Waals surface area contributed by atoms with Gasteiger partial charge in [0.15, 0.2) is 0 Å². The topological polar surface area (TPSA) is 26.8 Å². The van der Waals surface area contributed by atoms with Crippen molar-refractivity contribution in [3.05, 3.63) is 107 Å². The van der Waals surface area contributed by atoms with Crippen LogP contribution in [0.15, 0.2) is 78.9 Å². The number of carbonyl (C=O) groups excluding carboxylic acids is 1. The van der Waals surface area contributed by atoms with Gasteiger partial charge in [0.1, 0.15) is 5.82 Å². The Morgan fingerprint density at radius 2 is 1.56 bits per heavy atom. The first kappa shape index (κ1) is 26.1. The fourth-order valence-corrected chi connectivity index (χ4v) is 5.39. The highest BCUT2D eigenvalue weighted by Crippen LogP contribution is 2.34. The first-order valence-electron chi connectivity index (χ1n) is 13.1. The normalized spacial score (nSPS) is 19.7. The Hall–Kier alpha value is -3.02. The van der Waals surface area contributed by atoms with E-state index in [0.717, 1.165) is 30.8 Å². The first-order valence-corrected chi connectivity index (χ1v) is 13.1. The number of rotatable bonds is 8. The number of hydrogen-bond acceptors (Lipinski definition) is 3. The van der Waals surface area contributed by atoms with Gasteiger partial charge in [-0.15, -0.1) is 0 Å². The Morgan fingerprint density at radius 3 is 2.19 bits per heavy atom. The van der Waals surface area contributed by atoms with Crippen LogP contribution < -0.4 is 0 Å². The fourth-order valence-electron chi connectivity index (χ4n) is 5.39. The number of hydrogen-bond donors (Lipinski definition) is 0. The van der Waals surface area contributed by atoms with Gasteiger partial charge in [0, 0.05) is 50.4 Å². The van der Waals surface area contributed by atoms with Gasteiger partial charge in [-0.05, 0) is 68.7 Å². The molecule has 0 N–H and O–H groups in total.